The van der Waals surface area contributed by atoms with Crippen LogP contribution in [0.3, 0.4) is 0 Å². The standard InChI is InChI=1S/C12H12N2O2/c1-8-3-4-9(2)11(5-8)12-6-10(7-13-15)16-14-12/h3-7,15H,1-2H3/b13-7+. The van der Waals surface area contributed by atoms with Crippen molar-refractivity contribution in [3.8, 4) is 11.3 Å². The van der Waals surface area contributed by atoms with E-state index in [1.807, 2.05) is 26.0 Å². The van der Waals surface area contributed by atoms with E-state index in [1.54, 1.807) is 6.07 Å². The number of hydrogen-bond donors (Lipinski definition) is 1. The van der Waals surface area contributed by atoms with Gasteiger partial charge in [-0.05, 0) is 25.5 Å². The minimum atomic E-state index is 0.429. The number of rotatable bonds is 2. The molecule has 1 N–H and O–H groups in total. The van der Waals surface area contributed by atoms with E-state index in [4.69, 9.17) is 9.73 Å². The van der Waals surface area contributed by atoms with Gasteiger partial charge in [-0.1, -0.05) is 28.0 Å². The first-order valence-corrected chi connectivity index (χ1v) is 4.92. The molecule has 1 aromatic heterocycles. The normalized spacial score (nSPS) is 11.1. The van der Waals surface area contributed by atoms with Crippen LogP contribution in [0.1, 0.15) is 16.9 Å². The van der Waals surface area contributed by atoms with E-state index in [0.717, 1.165) is 16.8 Å². The molecular weight excluding hydrogens is 204 g/mol. The number of hydrogen-bond acceptors (Lipinski definition) is 4. The largest absolute Gasteiger partial charge is 0.411 e. The van der Waals surface area contributed by atoms with Gasteiger partial charge in [0, 0.05) is 11.6 Å². The maximum absolute atomic E-state index is 8.38. The maximum Gasteiger partial charge on any atom is 0.181 e. The Morgan fingerprint density at radius 3 is 2.88 bits per heavy atom. The lowest BCUT2D eigenvalue weighted by atomic mass is 10.0. The van der Waals surface area contributed by atoms with E-state index in [2.05, 4.69) is 16.4 Å². The van der Waals surface area contributed by atoms with Crippen LogP contribution in [-0.2, 0) is 0 Å². The molecule has 0 aliphatic heterocycles. The van der Waals surface area contributed by atoms with Gasteiger partial charge >= 0.3 is 0 Å². The number of oxime groups is 1. The molecule has 1 heterocycles. The first kappa shape index (κ1) is 10.4. The molecule has 0 saturated carbocycles. The second-order valence-corrected chi connectivity index (χ2v) is 3.68. The molecule has 0 radical (unpaired) electrons. The lowest BCUT2D eigenvalue weighted by Crippen LogP contribution is -1.84. The highest BCUT2D eigenvalue weighted by atomic mass is 16.5. The van der Waals surface area contributed by atoms with Crippen LogP contribution in [0.15, 0.2) is 33.9 Å². The lowest BCUT2D eigenvalue weighted by Gasteiger charge is -2.02. The zero-order valence-electron chi connectivity index (χ0n) is 9.14. The SMILES string of the molecule is Cc1ccc(C)c(-c2cc(/C=N/O)on2)c1. The van der Waals surface area contributed by atoms with E-state index < -0.39 is 0 Å². The summed E-state index contributed by atoms with van der Waals surface area (Å²) >= 11 is 0. The van der Waals surface area contributed by atoms with E-state index in [9.17, 15) is 0 Å². The van der Waals surface area contributed by atoms with E-state index in [0.29, 0.717) is 5.76 Å². The van der Waals surface area contributed by atoms with Crippen molar-refractivity contribution in [3.05, 3.63) is 41.2 Å². The Morgan fingerprint density at radius 1 is 1.31 bits per heavy atom. The second kappa shape index (κ2) is 4.18. The molecule has 16 heavy (non-hydrogen) atoms. The molecule has 0 unspecified atom stereocenters. The molecule has 0 amide bonds. The topological polar surface area (TPSA) is 58.6 Å². The van der Waals surface area contributed by atoms with Crippen LogP contribution in [0.5, 0.6) is 0 Å². The van der Waals surface area contributed by atoms with Gasteiger partial charge in [0.25, 0.3) is 0 Å². The minimum absolute atomic E-state index is 0.429. The third-order valence-corrected chi connectivity index (χ3v) is 2.38. The number of aromatic nitrogens is 1. The highest BCUT2D eigenvalue weighted by molar-refractivity contribution is 5.78. The number of nitrogens with zero attached hydrogens (tertiary/aromatic N) is 2. The molecule has 0 aliphatic rings. The summed E-state index contributed by atoms with van der Waals surface area (Å²) in [7, 11) is 0. The van der Waals surface area contributed by atoms with Gasteiger partial charge < -0.3 is 9.73 Å². The molecule has 2 aromatic rings. The average Bonchev–Trinajstić information content (AvgIpc) is 2.71. The van der Waals surface area contributed by atoms with E-state index >= 15 is 0 Å². The Hall–Kier alpha value is -2.10. The summed E-state index contributed by atoms with van der Waals surface area (Å²) in [6.07, 6.45) is 1.21. The van der Waals surface area contributed by atoms with Gasteiger partial charge in [-0.25, -0.2) is 0 Å². The summed E-state index contributed by atoms with van der Waals surface area (Å²) in [6.45, 7) is 4.04. The summed E-state index contributed by atoms with van der Waals surface area (Å²) < 4.78 is 5.00. The summed E-state index contributed by atoms with van der Waals surface area (Å²) in [5.74, 6) is 0.429. The fraction of sp³-hybridized carbons (Fsp3) is 0.167. The van der Waals surface area contributed by atoms with Crippen LogP contribution in [0, 0.1) is 13.8 Å². The molecule has 0 fully saturated rings. The monoisotopic (exact) mass is 216 g/mol. The molecule has 0 spiro atoms. The van der Waals surface area contributed by atoms with Crippen LogP contribution in [-0.4, -0.2) is 16.6 Å². The average molecular weight is 216 g/mol. The van der Waals surface area contributed by atoms with Crippen LogP contribution in [0.25, 0.3) is 11.3 Å². The summed E-state index contributed by atoms with van der Waals surface area (Å²) in [5.41, 5.74) is 4.07. The van der Waals surface area contributed by atoms with Crippen molar-refractivity contribution >= 4 is 6.21 Å². The lowest BCUT2D eigenvalue weighted by molar-refractivity contribution is 0.319. The van der Waals surface area contributed by atoms with Crippen LogP contribution < -0.4 is 0 Å². The van der Waals surface area contributed by atoms with Crippen LogP contribution in [0.2, 0.25) is 0 Å². The summed E-state index contributed by atoms with van der Waals surface area (Å²) in [4.78, 5) is 0. The zero-order valence-corrected chi connectivity index (χ0v) is 9.14. The Kier molecular flexibility index (Phi) is 2.72. The van der Waals surface area contributed by atoms with Crippen LogP contribution >= 0.6 is 0 Å². The smallest absolute Gasteiger partial charge is 0.181 e. The predicted octanol–water partition coefficient (Wildman–Crippen LogP) is 2.77. The van der Waals surface area contributed by atoms with Crippen molar-refractivity contribution in [2.45, 2.75) is 13.8 Å². The van der Waals surface area contributed by atoms with Crippen molar-refractivity contribution in [1.29, 1.82) is 0 Å². The van der Waals surface area contributed by atoms with Crippen molar-refractivity contribution in [2.75, 3.05) is 0 Å². The van der Waals surface area contributed by atoms with E-state index in [1.165, 1.54) is 11.8 Å². The quantitative estimate of drug-likeness (QED) is 0.477. The fourth-order valence-corrected chi connectivity index (χ4v) is 1.55. The Morgan fingerprint density at radius 2 is 2.12 bits per heavy atom. The van der Waals surface area contributed by atoms with Gasteiger partial charge in [-0.2, -0.15) is 0 Å². The highest BCUT2D eigenvalue weighted by Crippen LogP contribution is 2.23. The first-order valence-electron chi connectivity index (χ1n) is 4.92. The molecule has 0 aliphatic carbocycles. The molecule has 4 nitrogen and oxygen atoms in total. The first-order chi connectivity index (χ1) is 7.70. The highest BCUT2D eigenvalue weighted by Gasteiger charge is 2.07. The van der Waals surface area contributed by atoms with Gasteiger partial charge in [-0.3, -0.25) is 0 Å². The molecule has 0 bridgehead atoms. The van der Waals surface area contributed by atoms with Gasteiger partial charge in [0.1, 0.15) is 11.9 Å². The third kappa shape index (κ3) is 1.95. The number of aryl methyl sites for hydroxylation is 2. The fourth-order valence-electron chi connectivity index (χ4n) is 1.55. The predicted molar refractivity (Wildman–Crippen MR) is 60.8 cm³/mol. The number of benzene rings is 1. The minimum Gasteiger partial charge on any atom is -0.411 e. The molecule has 4 heteroatoms. The molecular formula is C12H12N2O2. The molecule has 2 rings (SSSR count). The van der Waals surface area contributed by atoms with Crippen molar-refractivity contribution < 1.29 is 9.73 Å². The molecule has 1 aromatic carbocycles. The zero-order chi connectivity index (χ0) is 11.5. The Bertz CT molecular complexity index is 530. The molecule has 0 saturated heterocycles. The van der Waals surface area contributed by atoms with Crippen molar-refractivity contribution in [2.24, 2.45) is 5.16 Å². The third-order valence-electron chi connectivity index (χ3n) is 2.38. The van der Waals surface area contributed by atoms with Crippen LogP contribution in [0.4, 0.5) is 0 Å². The molecule has 0 atom stereocenters. The summed E-state index contributed by atoms with van der Waals surface area (Å²) in [6, 6.07) is 7.88. The Balaban J connectivity index is 2.45. The van der Waals surface area contributed by atoms with E-state index in [-0.39, 0.29) is 0 Å². The van der Waals surface area contributed by atoms with Gasteiger partial charge in [-0.15, -0.1) is 0 Å². The van der Waals surface area contributed by atoms with Gasteiger partial charge in [0.2, 0.25) is 0 Å². The van der Waals surface area contributed by atoms with Crippen molar-refractivity contribution in [3.63, 3.8) is 0 Å². The van der Waals surface area contributed by atoms with Gasteiger partial charge in [0.05, 0.1) is 0 Å². The summed E-state index contributed by atoms with van der Waals surface area (Å²) in [5, 5.41) is 15.2. The van der Waals surface area contributed by atoms with Gasteiger partial charge in [0.15, 0.2) is 5.76 Å². The molecule has 82 valence electrons. The maximum atomic E-state index is 8.38. The second-order valence-electron chi connectivity index (χ2n) is 3.68. The van der Waals surface area contributed by atoms with Crippen molar-refractivity contribution in [1.82, 2.24) is 5.16 Å². The Labute approximate surface area is 93.2 Å².